The molecule has 1 aromatic carbocycles. The molecule has 6 heteroatoms. The van der Waals surface area contributed by atoms with Crippen molar-refractivity contribution < 1.29 is 14.1 Å². The van der Waals surface area contributed by atoms with Crippen LogP contribution in [0.4, 0.5) is 10.5 Å². The first kappa shape index (κ1) is 16.4. The fourth-order valence-electron chi connectivity index (χ4n) is 2.43. The standard InChI is InChI=1S/C18H23N3O3/c1-11-4-7-15(16(8-11)23-10-14-5-6-14)9-19-18(22)20-17-12(2)21-24-13(17)3/h4,7-8,14H,5-6,9-10H2,1-3H3,(H2,19,20,22). The number of aryl methyl sites for hydroxylation is 3. The third-order valence-electron chi connectivity index (χ3n) is 4.11. The van der Waals surface area contributed by atoms with Crippen LogP contribution in [0.15, 0.2) is 22.7 Å². The molecule has 0 unspecified atom stereocenters. The van der Waals surface area contributed by atoms with Gasteiger partial charge in [0.15, 0.2) is 5.76 Å². The van der Waals surface area contributed by atoms with E-state index in [1.54, 1.807) is 13.8 Å². The molecule has 1 aromatic heterocycles. The quantitative estimate of drug-likeness (QED) is 0.847. The molecule has 24 heavy (non-hydrogen) atoms. The van der Waals surface area contributed by atoms with E-state index in [1.807, 2.05) is 25.1 Å². The highest BCUT2D eigenvalue weighted by Crippen LogP contribution is 2.30. The molecule has 1 aliphatic carbocycles. The van der Waals surface area contributed by atoms with E-state index in [0.29, 0.717) is 29.6 Å². The van der Waals surface area contributed by atoms with Gasteiger partial charge in [-0.1, -0.05) is 17.3 Å². The fourth-order valence-corrected chi connectivity index (χ4v) is 2.43. The van der Waals surface area contributed by atoms with Gasteiger partial charge < -0.3 is 19.9 Å². The molecule has 2 N–H and O–H groups in total. The maximum atomic E-state index is 12.1. The Morgan fingerprint density at radius 3 is 2.79 bits per heavy atom. The summed E-state index contributed by atoms with van der Waals surface area (Å²) in [5, 5.41) is 9.45. The van der Waals surface area contributed by atoms with E-state index in [2.05, 4.69) is 15.8 Å². The van der Waals surface area contributed by atoms with E-state index < -0.39 is 0 Å². The van der Waals surface area contributed by atoms with Gasteiger partial charge in [0.2, 0.25) is 0 Å². The van der Waals surface area contributed by atoms with Crippen LogP contribution >= 0.6 is 0 Å². The Bertz CT molecular complexity index is 716. The van der Waals surface area contributed by atoms with Crippen molar-refractivity contribution in [2.45, 2.75) is 40.2 Å². The van der Waals surface area contributed by atoms with Crippen molar-refractivity contribution in [3.8, 4) is 5.75 Å². The molecule has 6 nitrogen and oxygen atoms in total. The Morgan fingerprint density at radius 2 is 2.12 bits per heavy atom. The van der Waals surface area contributed by atoms with Crippen LogP contribution < -0.4 is 15.4 Å². The first-order valence-electron chi connectivity index (χ1n) is 8.23. The van der Waals surface area contributed by atoms with Crippen molar-refractivity contribution in [2.24, 2.45) is 5.92 Å². The molecule has 0 bridgehead atoms. The molecule has 3 rings (SSSR count). The van der Waals surface area contributed by atoms with Crippen molar-refractivity contribution in [3.63, 3.8) is 0 Å². The highest BCUT2D eigenvalue weighted by Gasteiger charge is 2.22. The van der Waals surface area contributed by atoms with Gasteiger partial charge in [0, 0.05) is 12.1 Å². The van der Waals surface area contributed by atoms with Crippen molar-refractivity contribution in [1.29, 1.82) is 0 Å². The molecule has 0 saturated heterocycles. The summed E-state index contributed by atoms with van der Waals surface area (Å²) < 4.78 is 11.0. The van der Waals surface area contributed by atoms with E-state index in [0.717, 1.165) is 23.5 Å². The average molecular weight is 329 g/mol. The molecular formula is C18H23N3O3. The third-order valence-corrected chi connectivity index (χ3v) is 4.11. The molecule has 1 aliphatic rings. The fraction of sp³-hybridized carbons (Fsp3) is 0.444. The number of aromatic nitrogens is 1. The Labute approximate surface area is 141 Å². The van der Waals surface area contributed by atoms with E-state index >= 15 is 0 Å². The minimum absolute atomic E-state index is 0.293. The molecule has 0 spiro atoms. The van der Waals surface area contributed by atoms with Crippen LogP contribution in [-0.2, 0) is 6.54 Å². The zero-order chi connectivity index (χ0) is 17.1. The monoisotopic (exact) mass is 329 g/mol. The zero-order valence-electron chi connectivity index (χ0n) is 14.3. The second-order valence-electron chi connectivity index (χ2n) is 6.37. The molecule has 0 aliphatic heterocycles. The molecule has 0 radical (unpaired) electrons. The normalized spacial score (nSPS) is 13.6. The van der Waals surface area contributed by atoms with Crippen molar-refractivity contribution in [1.82, 2.24) is 10.5 Å². The largest absolute Gasteiger partial charge is 0.493 e. The van der Waals surface area contributed by atoms with Crippen LogP contribution in [0.2, 0.25) is 0 Å². The van der Waals surface area contributed by atoms with Gasteiger partial charge in [-0.05, 0) is 51.2 Å². The summed E-state index contributed by atoms with van der Waals surface area (Å²) >= 11 is 0. The van der Waals surface area contributed by atoms with E-state index in [-0.39, 0.29) is 6.03 Å². The Morgan fingerprint density at radius 1 is 1.33 bits per heavy atom. The van der Waals surface area contributed by atoms with Crippen molar-refractivity contribution in [3.05, 3.63) is 40.8 Å². The van der Waals surface area contributed by atoms with E-state index in [9.17, 15) is 4.79 Å². The van der Waals surface area contributed by atoms with E-state index in [1.165, 1.54) is 12.8 Å². The Balaban J connectivity index is 1.59. The summed E-state index contributed by atoms with van der Waals surface area (Å²) in [7, 11) is 0. The van der Waals surface area contributed by atoms with Crippen molar-refractivity contribution >= 4 is 11.7 Å². The number of hydrogen-bond donors (Lipinski definition) is 2. The lowest BCUT2D eigenvalue weighted by atomic mass is 10.1. The van der Waals surface area contributed by atoms with E-state index in [4.69, 9.17) is 9.26 Å². The predicted molar refractivity (Wildman–Crippen MR) is 91.2 cm³/mol. The highest BCUT2D eigenvalue weighted by atomic mass is 16.5. The number of rotatable bonds is 6. The second kappa shape index (κ2) is 6.95. The topological polar surface area (TPSA) is 76.4 Å². The Kier molecular flexibility index (Phi) is 4.74. The molecule has 1 saturated carbocycles. The summed E-state index contributed by atoms with van der Waals surface area (Å²) in [6.45, 7) is 6.73. The zero-order valence-corrected chi connectivity index (χ0v) is 14.3. The first-order valence-corrected chi connectivity index (χ1v) is 8.23. The van der Waals surface area contributed by atoms with Crippen LogP contribution in [0, 0.1) is 26.7 Å². The highest BCUT2D eigenvalue weighted by molar-refractivity contribution is 5.90. The van der Waals surface area contributed by atoms with Gasteiger partial charge in [-0.15, -0.1) is 0 Å². The number of carbonyl (C=O) groups excluding carboxylic acids is 1. The smallest absolute Gasteiger partial charge is 0.319 e. The number of amides is 2. The number of carbonyl (C=O) groups is 1. The lowest BCUT2D eigenvalue weighted by Crippen LogP contribution is -2.28. The van der Waals surface area contributed by atoms with Crippen LogP contribution in [0.1, 0.15) is 35.4 Å². The van der Waals surface area contributed by atoms with Crippen LogP contribution in [-0.4, -0.2) is 17.8 Å². The first-order chi connectivity index (χ1) is 11.5. The average Bonchev–Trinajstić information content (AvgIpc) is 3.33. The molecule has 0 atom stereocenters. The number of benzene rings is 1. The van der Waals surface area contributed by atoms with Crippen LogP contribution in [0.5, 0.6) is 5.75 Å². The summed E-state index contributed by atoms with van der Waals surface area (Å²) in [6, 6.07) is 5.74. The Hall–Kier alpha value is -2.50. The molecule has 2 aromatic rings. The van der Waals surface area contributed by atoms with Crippen LogP contribution in [0.25, 0.3) is 0 Å². The second-order valence-corrected chi connectivity index (χ2v) is 6.37. The maximum Gasteiger partial charge on any atom is 0.319 e. The predicted octanol–water partition coefficient (Wildman–Crippen LogP) is 3.71. The van der Waals surface area contributed by atoms with Crippen LogP contribution in [0.3, 0.4) is 0 Å². The summed E-state index contributed by atoms with van der Waals surface area (Å²) in [5.41, 5.74) is 3.38. The van der Waals surface area contributed by atoms with Gasteiger partial charge in [0.1, 0.15) is 17.1 Å². The molecule has 128 valence electrons. The number of anilines is 1. The number of urea groups is 1. The van der Waals surface area contributed by atoms with Gasteiger partial charge in [-0.2, -0.15) is 0 Å². The van der Waals surface area contributed by atoms with Crippen molar-refractivity contribution in [2.75, 3.05) is 11.9 Å². The molecule has 1 heterocycles. The van der Waals surface area contributed by atoms with Gasteiger partial charge in [0.05, 0.1) is 6.61 Å². The van der Waals surface area contributed by atoms with Gasteiger partial charge in [-0.25, -0.2) is 4.79 Å². The lowest BCUT2D eigenvalue weighted by molar-refractivity contribution is 0.251. The van der Waals surface area contributed by atoms with Gasteiger partial charge in [-0.3, -0.25) is 0 Å². The minimum atomic E-state index is -0.293. The van der Waals surface area contributed by atoms with Gasteiger partial charge >= 0.3 is 6.03 Å². The number of hydrogen-bond acceptors (Lipinski definition) is 4. The summed E-state index contributed by atoms with van der Waals surface area (Å²) in [4.78, 5) is 12.1. The summed E-state index contributed by atoms with van der Waals surface area (Å²) in [6.07, 6.45) is 2.50. The van der Waals surface area contributed by atoms with Gasteiger partial charge in [0.25, 0.3) is 0 Å². The SMILES string of the molecule is Cc1ccc(CNC(=O)Nc2c(C)noc2C)c(OCC2CC2)c1. The lowest BCUT2D eigenvalue weighted by Gasteiger charge is -2.13. The summed E-state index contributed by atoms with van der Waals surface area (Å²) in [5.74, 6) is 2.13. The number of nitrogens with zero attached hydrogens (tertiary/aromatic N) is 1. The maximum absolute atomic E-state index is 12.1. The molecular weight excluding hydrogens is 306 g/mol. The molecule has 2 amide bonds. The number of nitrogens with one attached hydrogen (secondary N) is 2. The molecule has 1 fully saturated rings. The number of ether oxygens (including phenoxy) is 1. The third kappa shape index (κ3) is 4.07. The minimum Gasteiger partial charge on any atom is -0.493 e.